The molecule has 1 saturated heterocycles. The molecule has 112 valence electrons. The minimum absolute atomic E-state index is 0.159. The fourth-order valence-corrected chi connectivity index (χ4v) is 2.09. The first-order valence-electron chi connectivity index (χ1n) is 6.19. The highest BCUT2D eigenvalue weighted by molar-refractivity contribution is 6.30. The minimum atomic E-state index is -0.735. The van der Waals surface area contributed by atoms with Crippen LogP contribution in [0.25, 0.3) is 0 Å². The number of esters is 1. The highest BCUT2D eigenvalue weighted by Crippen LogP contribution is 2.22. The number of ether oxygens (including phenoxy) is 1. The Morgan fingerprint density at radius 2 is 2.29 bits per heavy atom. The fraction of sp³-hybridized carbons (Fsp3) is 0.308. The van der Waals surface area contributed by atoms with Crippen molar-refractivity contribution in [2.45, 2.75) is 6.04 Å². The second-order valence-electron chi connectivity index (χ2n) is 4.39. The summed E-state index contributed by atoms with van der Waals surface area (Å²) in [7, 11) is 1.23. The van der Waals surface area contributed by atoms with Crippen LogP contribution in [-0.2, 0) is 14.3 Å². The number of anilines is 1. The van der Waals surface area contributed by atoms with E-state index in [0.717, 1.165) is 0 Å². The van der Waals surface area contributed by atoms with Crippen LogP contribution in [0.4, 0.5) is 10.5 Å². The van der Waals surface area contributed by atoms with Crippen LogP contribution in [0.15, 0.2) is 24.3 Å². The van der Waals surface area contributed by atoms with Crippen LogP contribution in [0.2, 0.25) is 5.02 Å². The van der Waals surface area contributed by atoms with Gasteiger partial charge in [-0.1, -0.05) is 17.7 Å². The molecule has 1 atom stereocenters. The quantitative estimate of drug-likeness (QED) is 0.794. The zero-order chi connectivity index (χ0) is 15.4. The second-order valence-corrected chi connectivity index (χ2v) is 4.82. The van der Waals surface area contributed by atoms with Crippen LogP contribution >= 0.6 is 11.6 Å². The van der Waals surface area contributed by atoms with Crippen molar-refractivity contribution in [1.82, 2.24) is 10.6 Å². The number of carbonyl (C=O) groups excluding carboxylic acids is 3. The van der Waals surface area contributed by atoms with Crippen LogP contribution < -0.4 is 15.5 Å². The standard InChI is InChI=1S/C13H14ClN3O4/c1-21-11(18)6-15-12(19)10-7-17(13(20)16-10)9-4-2-3-8(14)5-9/h2-5,10H,6-7H2,1H3,(H,15,19)(H,16,20). The zero-order valence-corrected chi connectivity index (χ0v) is 12.0. The van der Waals surface area contributed by atoms with Gasteiger partial charge in [0.1, 0.15) is 12.6 Å². The van der Waals surface area contributed by atoms with Crippen molar-refractivity contribution >= 4 is 35.2 Å². The minimum Gasteiger partial charge on any atom is -0.468 e. The highest BCUT2D eigenvalue weighted by Gasteiger charge is 2.34. The van der Waals surface area contributed by atoms with E-state index in [0.29, 0.717) is 10.7 Å². The van der Waals surface area contributed by atoms with Crippen LogP contribution in [0.1, 0.15) is 0 Å². The number of halogens is 1. The van der Waals surface area contributed by atoms with Gasteiger partial charge in [0.05, 0.1) is 13.7 Å². The molecule has 1 heterocycles. The summed E-state index contributed by atoms with van der Waals surface area (Å²) in [6, 6.07) is 5.64. The average molecular weight is 312 g/mol. The van der Waals surface area contributed by atoms with Gasteiger partial charge >= 0.3 is 12.0 Å². The number of urea groups is 1. The molecule has 1 aliphatic heterocycles. The number of nitrogens with one attached hydrogen (secondary N) is 2. The van der Waals surface area contributed by atoms with Crippen molar-refractivity contribution in [3.63, 3.8) is 0 Å². The Kier molecular flexibility index (Phi) is 4.64. The highest BCUT2D eigenvalue weighted by atomic mass is 35.5. The summed E-state index contributed by atoms with van der Waals surface area (Å²) >= 11 is 5.88. The average Bonchev–Trinajstić information content (AvgIpc) is 2.86. The molecule has 0 bridgehead atoms. The lowest BCUT2D eigenvalue weighted by Gasteiger charge is -2.14. The Bertz CT molecular complexity index is 578. The van der Waals surface area contributed by atoms with Gasteiger partial charge in [-0.2, -0.15) is 0 Å². The Balaban J connectivity index is 1.99. The van der Waals surface area contributed by atoms with E-state index in [2.05, 4.69) is 15.4 Å². The van der Waals surface area contributed by atoms with E-state index in [1.54, 1.807) is 24.3 Å². The largest absolute Gasteiger partial charge is 0.468 e. The van der Waals surface area contributed by atoms with E-state index in [1.807, 2.05) is 0 Å². The molecule has 0 aliphatic carbocycles. The van der Waals surface area contributed by atoms with Gasteiger partial charge in [0.15, 0.2) is 0 Å². The third-order valence-corrected chi connectivity index (χ3v) is 3.21. The monoisotopic (exact) mass is 311 g/mol. The van der Waals surface area contributed by atoms with Gasteiger partial charge in [0, 0.05) is 10.7 Å². The molecular weight excluding hydrogens is 298 g/mol. The summed E-state index contributed by atoms with van der Waals surface area (Å²) in [5.41, 5.74) is 0.600. The van der Waals surface area contributed by atoms with Crippen molar-refractivity contribution in [1.29, 1.82) is 0 Å². The third-order valence-electron chi connectivity index (χ3n) is 2.98. The topological polar surface area (TPSA) is 87.7 Å². The van der Waals surface area contributed by atoms with Gasteiger partial charge in [-0.25, -0.2) is 4.79 Å². The number of rotatable bonds is 4. The molecule has 0 spiro atoms. The molecular formula is C13H14ClN3O4. The first-order valence-corrected chi connectivity index (χ1v) is 6.57. The van der Waals surface area contributed by atoms with Gasteiger partial charge in [0.2, 0.25) is 5.91 Å². The Morgan fingerprint density at radius 3 is 2.95 bits per heavy atom. The molecule has 2 rings (SSSR count). The van der Waals surface area contributed by atoms with Gasteiger partial charge in [0.25, 0.3) is 0 Å². The van der Waals surface area contributed by atoms with Crippen LogP contribution in [0.5, 0.6) is 0 Å². The van der Waals surface area contributed by atoms with Crippen molar-refractivity contribution in [3.8, 4) is 0 Å². The Morgan fingerprint density at radius 1 is 1.52 bits per heavy atom. The van der Waals surface area contributed by atoms with E-state index in [-0.39, 0.29) is 13.1 Å². The number of amides is 3. The molecule has 0 aromatic heterocycles. The summed E-state index contributed by atoms with van der Waals surface area (Å²) in [4.78, 5) is 36.1. The molecule has 3 amide bonds. The number of carbonyl (C=O) groups is 3. The lowest BCUT2D eigenvalue weighted by molar-refractivity contribution is -0.141. The van der Waals surface area contributed by atoms with Gasteiger partial charge in [-0.15, -0.1) is 0 Å². The molecule has 1 aromatic carbocycles. The smallest absolute Gasteiger partial charge is 0.325 e. The molecule has 0 radical (unpaired) electrons. The maximum Gasteiger partial charge on any atom is 0.325 e. The predicted octanol–water partition coefficient (Wildman–Crippen LogP) is 0.527. The van der Waals surface area contributed by atoms with Crippen LogP contribution in [-0.4, -0.2) is 44.1 Å². The van der Waals surface area contributed by atoms with E-state index >= 15 is 0 Å². The van der Waals surface area contributed by atoms with Crippen molar-refractivity contribution in [2.24, 2.45) is 0 Å². The SMILES string of the molecule is COC(=O)CNC(=O)C1CN(c2cccc(Cl)c2)C(=O)N1. The maximum atomic E-state index is 11.9. The second kappa shape index (κ2) is 6.45. The van der Waals surface area contributed by atoms with Crippen LogP contribution in [0.3, 0.4) is 0 Å². The lowest BCUT2D eigenvalue weighted by atomic mass is 10.2. The van der Waals surface area contributed by atoms with E-state index in [9.17, 15) is 14.4 Å². The van der Waals surface area contributed by atoms with E-state index in [1.165, 1.54) is 12.0 Å². The Hall–Kier alpha value is -2.28. The first kappa shape index (κ1) is 15.1. The van der Waals surface area contributed by atoms with Gasteiger partial charge in [-0.05, 0) is 18.2 Å². The van der Waals surface area contributed by atoms with Crippen LogP contribution in [0, 0.1) is 0 Å². The van der Waals surface area contributed by atoms with Crippen molar-refractivity contribution in [2.75, 3.05) is 25.1 Å². The number of hydrogen-bond acceptors (Lipinski definition) is 4. The summed E-state index contributed by atoms with van der Waals surface area (Å²) in [6.45, 7) is -0.0783. The molecule has 8 heteroatoms. The number of nitrogens with zero attached hydrogens (tertiary/aromatic N) is 1. The lowest BCUT2D eigenvalue weighted by Crippen LogP contribution is -2.44. The summed E-state index contributed by atoms with van der Waals surface area (Å²) in [5.74, 6) is -1.00. The molecule has 1 fully saturated rings. The van der Waals surface area contributed by atoms with E-state index in [4.69, 9.17) is 11.6 Å². The molecule has 1 aliphatic rings. The molecule has 7 nitrogen and oxygen atoms in total. The third kappa shape index (κ3) is 3.63. The summed E-state index contributed by atoms with van der Waals surface area (Å²) in [5, 5.41) is 5.44. The molecule has 0 saturated carbocycles. The van der Waals surface area contributed by atoms with Crippen molar-refractivity contribution < 1.29 is 19.1 Å². The van der Waals surface area contributed by atoms with Crippen molar-refractivity contribution in [3.05, 3.63) is 29.3 Å². The van der Waals surface area contributed by atoms with E-state index < -0.39 is 23.9 Å². The molecule has 1 unspecified atom stereocenters. The fourth-order valence-electron chi connectivity index (χ4n) is 1.91. The Labute approximate surface area is 126 Å². The maximum absolute atomic E-state index is 11.9. The number of methoxy groups -OCH3 is 1. The summed E-state index contributed by atoms with van der Waals surface area (Å²) in [6.07, 6.45) is 0. The number of hydrogen-bond donors (Lipinski definition) is 2. The predicted molar refractivity (Wildman–Crippen MR) is 76.1 cm³/mol. The normalized spacial score (nSPS) is 17.3. The zero-order valence-electron chi connectivity index (χ0n) is 11.3. The molecule has 21 heavy (non-hydrogen) atoms. The molecule has 1 aromatic rings. The molecule has 2 N–H and O–H groups in total. The van der Waals surface area contributed by atoms with Gasteiger partial charge in [-0.3, -0.25) is 14.5 Å². The number of benzene rings is 1. The summed E-state index contributed by atoms with van der Waals surface area (Å²) < 4.78 is 4.42. The van der Waals surface area contributed by atoms with Gasteiger partial charge < -0.3 is 15.4 Å². The first-order chi connectivity index (χ1) is 10.0.